The van der Waals surface area contributed by atoms with Crippen LogP contribution in [0.3, 0.4) is 0 Å². The van der Waals surface area contributed by atoms with Gasteiger partial charge < -0.3 is 14.4 Å². The molecule has 0 bridgehead atoms. The van der Waals surface area contributed by atoms with E-state index in [2.05, 4.69) is 10.9 Å². The molecule has 1 aromatic rings. The van der Waals surface area contributed by atoms with Crippen LogP contribution in [-0.2, 0) is 14.3 Å². The molecular weight excluding hydrogens is 386 g/mol. The largest absolute Gasteiger partial charge is 0.493 e. The van der Waals surface area contributed by atoms with E-state index in [1.807, 2.05) is 45.0 Å². The average molecular weight is 418 g/mol. The van der Waals surface area contributed by atoms with Crippen LogP contribution in [0.25, 0.3) is 0 Å². The topological polar surface area (TPSA) is 97.0 Å². The van der Waals surface area contributed by atoms with Crippen LogP contribution < -0.4 is 15.6 Å². The lowest BCUT2D eigenvalue weighted by molar-refractivity contribution is -0.132. The van der Waals surface area contributed by atoms with Gasteiger partial charge in [0.25, 0.3) is 0 Å². The molecule has 1 aromatic carbocycles. The molecule has 8 nitrogen and oxygen atoms in total. The third-order valence-corrected chi connectivity index (χ3v) is 5.28. The van der Waals surface area contributed by atoms with E-state index in [0.29, 0.717) is 26.0 Å². The Hall–Kier alpha value is -2.77. The summed E-state index contributed by atoms with van der Waals surface area (Å²) in [4.78, 5) is 38.7. The summed E-state index contributed by atoms with van der Waals surface area (Å²) in [6.45, 7) is 6.85. The van der Waals surface area contributed by atoms with Gasteiger partial charge in [0.15, 0.2) is 0 Å². The first-order valence-electron chi connectivity index (χ1n) is 10.5. The highest BCUT2D eigenvalue weighted by Gasteiger charge is 2.31. The summed E-state index contributed by atoms with van der Waals surface area (Å²) >= 11 is 0. The lowest BCUT2D eigenvalue weighted by atomic mass is 9.90. The van der Waals surface area contributed by atoms with Gasteiger partial charge in [-0.3, -0.25) is 20.4 Å². The third-order valence-electron chi connectivity index (χ3n) is 5.28. The fourth-order valence-electron chi connectivity index (χ4n) is 3.82. The average Bonchev–Trinajstić information content (AvgIpc) is 2.71. The number of nitrogens with one attached hydrogen (secondary N) is 2. The van der Waals surface area contributed by atoms with Crippen LogP contribution in [0.5, 0.6) is 5.75 Å². The Labute approximate surface area is 177 Å². The SMILES string of the molecule is CC(C)(C)OC(=O)N1CCC[C@@H](C(=O)NNC(=O)C[C@@H]2CCOc3ccccc32)C1. The Morgan fingerprint density at radius 1 is 1.17 bits per heavy atom. The van der Waals surface area contributed by atoms with E-state index in [1.54, 1.807) is 4.90 Å². The quantitative estimate of drug-likeness (QED) is 0.737. The van der Waals surface area contributed by atoms with Gasteiger partial charge in [0.05, 0.1) is 12.5 Å². The molecule has 2 N–H and O–H groups in total. The molecule has 0 unspecified atom stereocenters. The predicted octanol–water partition coefficient (Wildman–Crippen LogP) is 2.74. The maximum Gasteiger partial charge on any atom is 0.410 e. The number of rotatable bonds is 3. The van der Waals surface area contributed by atoms with Gasteiger partial charge in [-0.25, -0.2) is 4.79 Å². The van der Waals surface area contributed by atoms with Crippen molar-refractivity contribution in [2.75, 3.05) is 19.7 Å². The first-order chi connectivity index (χ1) is 14.2. The highest BCUT2D eigenvalue weighted by atomic mass is 16.6. The summed E-state index contributed by atoms with van der Waals surface area (Å²) in [7, 11) is 0. The highest BCUT2D eigenvalue weighted by molar-refractivity contribution is 5.84. The predicted molar refractivity (Wildman–Crippen MR) is 111 cm³/mol. The number of ether oxygens (including phenoxy) is 2. The Morgan fingerprint density at radius 2 is 1.93 bits per heavy atom. The highest BCUT2D eigenvalue weighted by Crippen LogP contribution is 2.35. The zero-order chi connectivity index (χ0) is 21.7. The number of hydrogen-bond acceptors (Lipinski definition) is 5. The molecule has 0 aliphatic carbocycles. The van der Waals surface area contributed by atoms with Crippen molar-refractivity contribution in [3.8, 4) is 5.75 Å². The standard InChI is InChI=1S/C22H31N3O5/c1-22(2,3)30-21(28)25-11-6-7-16(14-25)20(27)24-23-19(26)13-15-10-12-29-18-9-5-4-8-17(15)18/h4-5,8-9,15-16H,6-7,10-14H2,1-3H3,(H,23,26)(H,24,27)/t15-,16+/m0/s1. The second-order valence-corrected chi connectivity index (χ2v) is 8.88. The van der Waals surface area contributed by atoms with Gasteiger partial charge in [0.2, 0.25) is 11.8 Å². The lowest BCUT2D eigenvalue weighted by Crippen LogP contribution is -2.50. The monoisotopic (exact) mass is 417 g/mol. The van der Waals surface area contributed by atoms with Crippen LogP contribution in [0.1, 0.15) is 57.9 Å². The molecule has 0 radical (unpaired) electrons. The van der Waals surface area contributed by atoms with Crippen molar-refractivity contribution in [1.82, 2.24) is 15.8 Å². The third kappa shape index (κ3) is 5.87. The Bertz CT molecular complexity index is 789. The summed E-state index contributed by atoms with van der Waals surface area (Å²) in [5.41, 5.74) is 5.49. The van der Waals surface area contributed by atoms with Gasteiger partial charge >= 0.3 is 6.09 Å². The Kier molecular flexibility index (Phi) is 6.84. The van der Waals surface area contributed by atoms with Crippen LogP contribution in [0.4, 0.5) is 4.79 Å². The summed E-state index contributed by atoms with van der Waals surface area (Å²) in [6, 6.07) is 7.71. The number of hydrogen-bond donors (Lipinski definition) is 2. The molecule has 3 amide bonds. The molecule has 0 saturated carbocycles. The van der Waals surface area contributed by atoms with Crippen LogP contribution in [0.2, 0.25) is 0 Å². The smallest absolute Gasteiger partial charge is 0.410 e. The lowest BCUT2D eigenvalue weighted by Gasteiger charge is -2.33. The van der Waals surface area contributed by atoms with Gasteiger partial charge in [-0.15, -0.1) is 0 Å². The number of amides is 3. The van der Waals surface area contributed by atoms with E-state index < -0.39 is 11.7 Å². The van der Waals surface area contributed by atoms with E-state index in [9.17, 15) is 14.4 Å². The molecule has 2 atom stereocenters. The van der Waals surface area contributed by atoms with Crippen LogP contribution in [0, 0.1) is 5.92 Å². The number of fused-ring (bicyclic) bond motifs is 1. The summed E-state index contributed by atoms with van der Waals surface area (Å²) in [5, 5.41) is 0. The van der Waals surface area contributed by atoms with Crippen molar-refractivity contribution >= 4 is 17.9 Å². The molecule has 2 heterocycles. The molecule has 3 rings (SSSR count). The van der Waals surface area contributed by atoms with Crippen LogP contribution in [0.15, 0.2) is 24.3 Å². The van der Waals surface area contributed by atoms with E-state index >= 15 is 0 Å². The Morgan fingerprint density at radius 3 is 2.70 bits per heavy atom. The zero-order valence-electron chi connectivity index (χ0n) is 17.9. The number of benzene rings is 1. The number of carbonyl (C=O) groups excluding carboxylic acids is 3. The van der Waals surface area contributed by atoms with Crippen molar-refractivity contribution in [3.05, 3.63) is 29.8 Å². The number of likely N-dealkylation sites (tertiary alicyclic amines) is 1. The molecule has 1 saturated heterocycles. The number of carbonyl (C=O) groups is 3. The summed E-state index contributed by atoms with van der Waals surface area (Å²) < 4.78 is 11.0. The normalized spacial score (nSPS) is 21.1. The van der Waals surface area contributed by atoms with E-state index in [-0.39, 0.29) is 36.6 Å². The minimum Gasteiger partial charge on any atom is -0.493 e. The van der Waals surface area contributed by atoms with Gasteiger partial charge in [-0.1, -0.05) is 18.2 Å². The molecule has 1 fully saturated rings. The molecule has 0 aromatic heterocycles. The molecular formula is C22H31N3O5. The number of hydrazine groups is 1. The number of piperidine rings is 1. The van der Waals surface area contributed by atoms with Gasteiger partial charge in [0.1, 0.15) is 11.4 Å². The van der Waals surface area contributed by atoms with E-state index in [1.165, 1.54) is 0 Å². The maximum atomic E-state index is 12.5. The summed E-state index contributed by atoms with van der Waals surface area (Å²) in [6.07, 6.45) is 1.99. The van der Waals surface area contributed by atoms with Crippen molar-refractivity contribution in [3.63, 3.8) is 0 Å². The fourth-order valence-corrected chi connectivity index (χ4v) is 3.82. The molecule has 30 heavy (non-hydrogen) atoms. The van der Waals surface area contributed by atoms with Crippen LogP contribution >= 0.6 is 0 Å². The van der Waals surface area contributed by atoms with Crippen molar-refractivity contribution in [1.29, 1.82) is 0 Å². The minimum absolute atomic E-state index is 0.0594. The molecule has 0 spiro atoms. The molecule has 164 valence electrons. The van der Waals surface area contributed by atoms with Crippen LogP contribution in [-0.4, -0.2) is 48.1 Å². The number of nitrogens with zero attached hydrogens (tertiary/aromatic N) is 1. The number of para-hydroxylation sites is 1. The zero-order valence-corrected chi connectivity index (χ0v) is 17.9. The molecule has 2 aliphatic heterocycles. The Balaban J connectivity index is 1.47. The second kappa shape index (κ2) is 9.36. The van der Waals surface area contributed by atoms with Gasteiger partial charge in [0, 0.05) is 19.5 Å². The molecule has 8 heteroatoms. The van der Waals surface area contributed by atoms with Crippen molar-refractivity contribution in [2.24, 2.45) is 5.92 Å². The molecule has 2 aliphatic rings. The van der Waals surface area contributed by atoms with Crippen molar-refractivity contribution in [2.45, 2.75) is 58.0 Å². The van der Waals surface area contributed by atoms with Gasteiger partial charge in [-0.2, -0.15) is 0 Å². The van der Waals surface area contributed by atoms with Gasteiger partial charge in [-0.05, 0) is 57.6 Å². The second-order valence-electron chi connectivity index (χ2n) is 8.88. The van der Waals surface area contributed by atoms with E-state index in [4.69, 9.17) is 9.47 Å². The van der Waals surface area contributed by atoms with Crippen molar-refractivity contribution < 1.29 is 23.9 Å². The maximum absolute atomic E-state index is 12.5. The summed E-state index contributed by atoms with van der Waals surface area (Å²) in [5.74, 6) is -0.0385. The first kappa shape index (κ1) is 21.9. The minimum atomic E-state index is -0.580. The fraction of sp³-hybridized carbons (Fsp3) is 0.591. The van der Waals surface area contributed by atoms with E-state index in [0.717, 1.165) is 17.7 Å². The first-order valence-corrected chi connectivity index (χ1v) is 10.5.